The van der Waals surface area contributed by atoms with Crippen LogP contribution in [0.5, 0.6) is 0 Å². The fourth-order valence-electron chi connectivity index (χ4n) is 2.18. The summed E-state index contributed by atoms with van der Waals surface area (Å²) in [6.45, 7) is 0. The molecule has 2 aromatic carbocycles. The molecule has 0 bridgehead atoms. The quantitative estimate of drug-likeness (QED) is 0.911. The van der Waals surface area contributed by atoms with Gasteiger partial charge in [0.25, 0.3) is 0 Å². The van der Waals surface area contributed by atoms with Crippen molar-refractivity contribution in [1.82, 2.24) is 0 Å². The second kappa shape index (κ2) is 6.86. The summed E-state index contributed by atoms with van der Waals surface area (Å²) in [6, 6.07) is 14.5. The van der Waals surface area contributed by atoms with Gasteiger partial charge in [-0.1, -0.05) is 17.7 Å². The molecule has 3 rings (SSSR count). The number of anilines is 1. The molecule has 1 amide bonds. The first-order valence-electron chi connectivity index (χ1n) is 6.93. The molecule has 2 aromatic rings. The van der Waals surface area contributed by atoms with Crippen LogP contribution in [-0.2, 0) is 11.2 Å². The lowest BCUT2D eigenvalue weighted by atomic mass is 10.2. The topological polar surface area (TPSA) is 65.2 Å². The van der Waals surface area contributed by atoms with Crippen molar-refractivity contribution in [2.24, 2.45) is 4.99 Å². The highest BCUT2D eigenvalue weighted by atomic mass is 35.5. The molecule has 0 saturated heterocycles. The Labute approximate surface area is 143 Å². The Balaban J connectivity index is 1.54. The van der Waals surface area contributed by atoms with Gasteiger partial charge in [0.15, 0.2) is 0 Å². The van der Waals surface area contributed by atoms with Gasteiger partial charge in [-0.2, -0.15) is 5.26 Å². The zero-order valence-corrected chi connectivity index (χ0v) is 13.6. The summed E-state index contributed by atoms with van der Waals surface area (Å²) in [7, 11) is 0. The Bertz CT molecular complexity index is 825. The second-order valence-electron chi connectivity index (χ2n) is 4.98. The highest BCUT2D eigenvalue weighted by Gasteiger charge is 2.16. The SMILES string of the molecule is N#Cc1ccc(NC(=O)CSC2=Nc3cc(Cl)ccc3C2)cc1. The van der Waals surface area contributed by atoms with Gasteiger partial charge in [-0.15, -0.1) is 11.8 Å². The first-order chi connectivity index (χ1) is 11.1. The van der Waals surface area contributed by atoms with Crippen LogP contribution in [0.3, 0.4) is 0 Å². The van der Waals surface area contributed by atoms with E-state index < -0.39 is 0 Å². The lowest BCUT2D eigenvalue weighted by molar-refractivity contribution is -0.113. The molecule has 0 aliphatic carbocycles. The largest absolute Gasteiger partial charge is 0.325 e. The Morgan fingerprint density at radius 2 is 2.09 bits per heavy atom. The van der Waals surface area contributed by atoms with Gasteiger partial charge < -0.3 is 5.32 Å². The number of benzene rings is 2. The maximum absolute atomic E-state index is 12.0. The van der Waals surface area contributed by atoms with E-state index in [9.17, 15) is 4.79 Å². The number of halogens is 1. The Morgan fingerprint density at radius 1 is 1.30 bits per heavy atom. The summed E-state index contributed by atoms with van der Waals surface area (Å²) >= 11 is 7.37. The molecule has 0 aromatic heterocycles. The third-order valence-electron chi connectivity index (χ3n) is 3.30. The highest BCUT2D eigenvalue weighted by molar-refractivity contribution is 8.14. The first kappa shape index (κ1) is 15.6. The van der Waals surface area contributed by atoms with Gasteiger partial charge in [-0.25, -0.2) is 4.99 Å². The molecule has 0 spiro atoms. The van der Waals surface area contributed by atoms with E-state index in [1.54, 1.807) is 24.3 Å². The number of thioether (sulfide) groups is 1. The molecule has 0 fully saturated rings. The number of rotatable bonds is 3. The molecule has 6 heteroatoms. The number of hydrogen-bond donors (Lipinski definition) is 1. The maximum atomic E-state index is 12.0. The van der Waals surface area contributed by atoms with Crippen molar-refractivity contribution in [2.45, 2.75) is 6.42 Å². The van der Waals surface area contributed by atoms with E-state index in [2.05, 4.69) is 10.3 Å². The number of carbonyl (C=O) groups excluding carboxylic acids is 1. The predicted molar refractivity (Wildman–Crippen MR) is 94.5 cm³/mol. The van der Waals surface area contributed by atoms with Crippen molar-refractivity contribution >= 4 is 45.7 Å². The number of carbonyl (C=O) groups is 1. The van der Waals surface area contributed by atoms with Gasteiger partial charge in [0.05, 0.1) is 28.1 Å². The van der Waals surface area contributed by atoms with E-state index in [1.807, 2.05) is 24.3 Å². The van der Waals surface area contributed by atoms with Crippen LogP contribution in [0.2, 0.25) is 5.02 Å². The average molecular weight is 342 g/mol. The number of nitrogens with one attached hydrogen (secondary N) is 1. The van der Waals surface area contributed by atoms with E-state index >= 15 is 0 Å². The molecule has 114 valence electrons. The van der Waals surface area contributed by atoms with Gasteiger partial charge in [-0.05, 0) is 42.0 Å². The minimum absolute atomic E-state index is 0.101. The summed E-state index contributed by atoms with van der Waals surface area (Å²) in [6.07, 6.45) is 0.737. The third-order valence-corrected chi connectivity index (χ3v) is 4.51. The number of nitrogens with zero attached hydrogens (tertiary/aromatic N) is 2. The molecule has 4 nitrogen and oxygen atoms in total. The maximum Gasteiger partial charge on any atom is 0.234 e. The number of fused-ring (bicyclic) bond motifs is 1. The van der Waals surface area contributed by atoms with Crippen LogP contribution in [0.4, 0.5) is 11.4 Å². The van der Waals surface area contributed by atoms with Crippen molar-refractivity contribution in [1.29, 1.82) is 5.26 Å². The third kappa shape index (κ3) is 3.92. The predicted octanol–water partition coefficient (Wildman–Crippen LogP) is 4.17. The minimum atomic E-state index is -0.101. The molecular formula is C17H12ClN3OS. The Morgan fingerprint density at radius 3 is 2.83 bits per heavy atom. The molecule has 23 heavy (non-hydrogen) atoms. The molecule has 1 N–H and O–H groups in total. The van der Waals surface area contributed by atoms with Gasteiger partial charge in [0.1, 0.15) is 0 Å². The van der Waals surface area contributed by atoms with Gasteiger partial charge >= 0.3 is 0 Å². The van der Waals surface area contributed by atoms with Crippen LogP contribution in [0.15, 0.2) is 47.5 Å². The van der Waals surface area contributed by atoms with E-state index in [1.165, 1.54) is 11.8 Å². The number of amides is 1. The number of hydrogen-bond acceptors (Lipinski definition) is 4. The van der Waals surface area contributed by atoms with Crippen LogP contribution in [0.25, 0.3) is 0 Å². The van der Waals surface area contributed by atoms with Crippen LogP contribution < -0.4 is 5.32 Å². The molecule has 0 atom stereocenters. The van der Waals surface area contributed by atoms with Crippen LogP contribution in [0, 0.1) is 11.3 Å². The number of aliphatic imine (C=N–C) groups is 1. The van der Waals surface area contributed by atoms with Crippen LogP contribution >= 0.6 is 23.4 Å². The summed E-state index contributed by atoms with van der Waals surface area (Å²) in [5.74, 6) is 0.192. The van der Waals surface area contributed by atoms with Gasteiger partial charge in [0.2, 0.25) is 5.91 Å². The molecular weight excluding hydrogens is 330 g/mol. The zero-order chi connectivity index (χ0) is 16.2. The summed E-state index contributed by atoms with van der Waals surface area (Å²) < 4.78 is 0. The summed E-state index contributed by atoms with van der Waals surface area (Å²) in [4.78, 5) is 16.5. The van der Waals surface area contributed by atoms with Gasteiger partial charge in [-0.3, -0.25) is 4.79 Å². The zero-order valence-electron chi connectivity index (χ0n) is 12.0. The summed E-state index contributed by atoms with van der Waals surface area (Å²) in [5, 5.41) is 13.1. The average Bonchev–Trinajstić information content (AvgIpc) is 2.95. The van der Waals surface area contributed by atoms with E-state index in [4.69, 9.17) is 16.9 Å². The summed E-state index contributed by atoms with van der Waals surface area (Å²) in [5.41, 5.74) is 3.25. The second-order valence-corrected chi connectivity index (χ2v) is 6.47. The fourth-order valence-corrected chi connectivity index (χ4v) is 3.14. The Kier molecular flexibility index (Phi) is 4.65. The van der Waals surface area contributed by atoms with Crippen LogP contribution in [-0.4, -0.2) is 16.7 Å². The number of nitriles is 1. The molecule has 1 aliphatic heterocycles. The van der Waals surface area contributed by atoms with E-state index in [-0.39, 0.29) is 5.91 Å². The lowest BCUT2D eigenvalue weighted by Gasteiger charge is -2.05. The highest BCUT2D eigenvalue weighted by Crippen LogP contribution is 2.32. The minimum Gasteiger partial charge on any atom is -0.325 e. The van der Waals surface area contributed by atoms with Crippen molar-refractivity contribution in [3.8, 4) is 6.07 Å². The normalized spacial score (nSPS) is 12.3. The van der Waals surface area contributed by atoms with E-state index in [0.717, 1.165) is 22.7 Å². The smallest absolute Gasteiger partial charge is 0.234 e. The molecule has 1 aliphatic rings. The lowest BCUT2D eigenvalue weighted by Crippen LogP contribution is -2.15. The van der Waals surface area contributed by atoms with Crippen molar-refractivity contribution < 1.29 is 4.79 Å². The standard InChI is InChI=1S/C17H12ClN3OS/c18-13-4-3-12-7-17(21-15(12)8-13)23-10-16(22)20-14-5-1-11(9-19)2-6-14/h1-6,8H,7,10H2,(H,20,22). The Hall–Kier alpha value is -2.29. The monoisotopic (exact) mass is 341 g/mol. The molecule has 1 heterocycles. The van der Waals surface area contributed by atoms with Crippen molar-refractivity contribution in [3.63, 3.8) is 0 Å². The van der Waals surface area contributed by atoms with Crippen LogP contribution in [0.1, 0.15) is 11.1 Å². The molecule has 0 saturated carbocycles. The molecule has 0 radical (unpaired) electrons. The fraction of sp³-hybridized carbons (Fsp3) is 0.118. The molecule has 0 unspecified atom stereocenters. The van der Waals surface area contributed by atoms with E-state index in [0.29, 0.717) is 22.0 Å². The van der Waals surface area contributed by atoms with Crippen molar-refractivity contribution in [3.05, 3.63) is 58.6 Å². The first-order valence-corrected chi connectivity index (χ1v) is 8.29. The van der Waals surface area contributed by atoms with Gasteiger partial charge in [0, 0.05) is 17.1 Å². The van der Waals surface area contributed by atoms with Crippen molar-refractivity contribution in [2.75, 3.05) is 11.1 Å².